The van der Waals surface area contributed by atoms with Crippen LogP contribution in [0.2, 0.25) is 0 Å². The maximum Gasteiger partial charge on any atom is 0.266 e. The normalized spacial score (nSPS) is 15.5. The van der Waals surface area contributed by atoms with E-state index in [0.29, 0.717) is 16.1 Å². The van der Waals surface area contributed by atoms with Gasteiger partial charge in [-0.15, -0.1) is 0 Å². The number of nitrogens with zero attached hydrogens (tertiary/aromatic N) is 3. The van der Waals surface area contributed by atoms with Crippen molar-refractivity contribution in [3.8, 4) is 5.69 Å². The Bertz CT molecular complexity index is 1580. The van der Waals surface area contributed by atoms with Gasteiger partial charge in [-0.1, -0.05) is 62.0 Å². The molecule has 6 heteroatoms. The number of benzene rings is 3. The molecule has 1 aliphatic rings. The van der Waals surface area contributed by atoms with Crippen LogP contribution in [0, 0.1) is 13.8 Å². The summed E-state index contributed by atoms with van der Waals surface area (Å²) in [6.07, 6.45) is 1.74. The van der Waals surface area contributed by atoms with Gasteiger partial charge < -0.3 is 4.90 Å². The van der Waals surface area contributed by atoms with Crippen LogP contribution in [0.3, 0.4) is 0 Å². The van der Waals surface area contributed by atoms with Crippen LogP contribution in [0.1, 0.15) is 30.5 Å². The molecule has 5 nitrogen and oxygen atoms in total. The van der Waals surface area contributed by atoms with Gasteiger partial charge in [-0.2, -0.15) is 0 Å². The zero-order valence-electron chi connectivity index (χ0n) is 21.2. The first-order valence-corrected chi connectivity index (χ1v) is 13.0. The van der Waals surface area contributed by atoms with Crippen molar-refractivity contribution in [1.29, 1.82) is 0 Å². The Morgan fingerprint density at radius 2 is 1.67 bits per heavy atom. The number of aryl methyl sites for hydroxylation is 2. The minimum absolute atomic E-state index is 0.0166. The molecule has 0 saturated heterocycles. The van der Waals surface area contributed by atoms with E-state index in [2.05, 4.69) is 36.9 Å². The summed E-state index contributed by atoms with van der Waals surface area (Å²) in [6, 6.07) is 21.6. The molecule has 2 heterocycles. The maximum absolute atomic E-state index is 13.6. The van der Waals surface area contributed by atoms with E-state index in [1.54, 1.807) is 16.7 Å². The zero-order chi connectivity index (χ0) is 25.6. The molecule has 0 amide bonds. The third kappa shape index (κ3) is 4.16. The molecule has 0 unspecified atom stereocenters. The van der Waals surface area contributed by atoms with Crippen LogP contribution >= 0.6 is 11.8 Å². The fraction of sp³-hybridized carbons (Fsp3) is 0.233. The predicted octanol–water partition coefficient (Wildman–Crippen LogP) is 5.98. The van der Waals surface area contributed by atoms with Crippen molar-refractivity contribution in [3.63, 3.8) is 0 Å². The van der Waals surface area contributed by atoms with E-state index in [1.165, 1.54) is 17.3 Å². The topological polar surface area (TPSA) is 55.2 Å². The van der Waals surface area contributed by atoms with Crippen molar-refractivity contribution in [3.05, 3.63) is 106 Å². The maximum atomic E-state index is 13.6. The number of carbonyl (C=O) groups excluding carboxylic acids is 1. The molecule has 0 fully saturated rings. The lowest BCUT2D eigenvalue weighted by atomic mass is 9.83. The summed E-state index contributed by atoms with van der Waals surface area (Å²) in [6.45, 7) is 8.31. The highest BCUT2D eigenvalue weighted by molar-refractivity contribution is 7.99. The fourth-order valence-electron chi connectivity index (χ4n) is 5.11. The summed E-state index contributed by atoms with van der Waals surface area (Å²) in [5.41, 5.74) is 6.40. The van der Waals surface area contributed by atoms with Crippen LogP contribution in [0.4, 0.5) is 5.69 Å². The Balaban J connectivity index is 1.51. The predicted molar refractivity (Wildman–Crippen MR) is 148 cm³/mol. The van der Waals surface area contributed by atoms with E-state index in [9.17, 15) is 9.59 Å². The molecular weight excluding hydrogens is 466 g/mol. The molecule has 0 spiro atoms. The third-order valence-corrected chi connectivity index (χ3v) is 7.75. The minimum Gasteiger partial charge on any atom is -0.347 e. The standard InChI is InChI=1S/C30H29N3O2S/c1-19-14-20(2)16-21(15-19)33-28(35)23-10-6-8-12-25(23)31-29(33)36-18-22(34)17-27-30(3,4)24-11-7-9-13-26(24)32(27)5/h6-17H,18H2,1-5H3. The lowest BCUT2D eigenvalue weighted by Crippen LogP contribution is -2.24. The second-order valence-electron chi connectivity index (χ2n) is 9.88. The monoisotopic (exact) mass is 495 g/mol. The molecule has 182 valence electrons. The lowest BCUT2D eigenvalue weighted by molar-refractivity contribution is -0.112. The average Bonchev–Trinajstić information content (AvgIpc) is 3.03. The van der Waals surface area contributed by atoms with Gasteiger partial charge in [0.05, 0.1) is 22.3 Å². The minimum atomic E-state index is -0.270. The van der Waals surface area contributed by atoms with Gasteiger partial charge in [0.2, 0.25) is 0 Å². The third-order valence-electron chi connectivity index (χ3n) is 6.79. The number of aromatic nitrogens is 2. The van der Waals surface area contributed by atoms with Gasteiger partial charge in [-0.25, -0.2) is 4.98 Å². The number of allylic oxidation sites excluding steroid dienone is 2. The number of para-hydroxylation sites is 2. The number of likely N-dealkylation sites (N-methyl/N-ethyl adjacent to an activating group) is 1. The molecule has 0 radical (unpaired) electrons. The number of ketones is 1. The second-order valence-corrected chi connectivity index (χ2v) is 10.8. The van der Waals surface area contributed by atoms with Gasteiger partial charge in [-0.3, -0.25) is 14.2 Å². The second kappa shape index (κ2) is 9.10. The number of hydrogen-bond acceptors (Lipinski definition) is 5. The van der Waals surface area contributed by atoms with Gasteiger partial charge in [0, 0.05) is 29.9 Å². The molecular formula is C30H29N3O2S. The largest absolute Gasteiger partial charge is 0.347 e. The van der Waals surface area contributed by atoms with Gasteiger partial charge in [0.25, 0.3) is 5.56 Å². The molecule has 0 aliphatic carbocycles. The molecule has 4 aromatic rings. The first-order valence-electron chi connectivity index (χ1n) is 12.0. The summed E-state index contributed by atoms with van der Waals surface area (Å²) in [7, 11) is 2.00. The first kappa shape index (κ1) is 24.1. The van der Waals surface area contributed by atoms with Crippen molar-refractivity contribution in [2.24, 2.45) is 0 Å². The summed E-state index contributed by atoms with van der Waals surface area (Å²) in [4.78, 5) is 33.7. The van der Waals surface area contributed by atoms with Crippen molar-refractivity contribution in [2.45, 2.75) is 38.3 Å². The average molecular weight is 496 g/mol. The Morgan fingerprint density at radius 1 is 1.00 bits per heavy atom. The van der Waals surface area contributed by atoms with Crippen LogP contribution in [0.25, 0.3) is 16.6 Å². The van der Waals surface area contributed by atoms with Crippen molar-refractivity contribution in [2.75, 3.05) is 17.7 Å². The summed E-state index contributed by atoms with van der Waals surface area (Å²) < 4.78 is 1.63. The van der Waals surface area contributed by atoms with Crippen molar-refractivity contribution in [1.82, 2.24) is 9.55 Å². The van der Waals surface area contributed by atoms with Gasteiger partial charge in [-0.05, 0) is 60.9 Å². The van der Waals surface area contributed by atoms with E-state index in [-0.39, 0.29) is 22.5 Å². The van der Waals surface area contributed by atoms with Crippen LogP contribution in [-0.4, -0.2) is 28.1 Å². The molecule has 36 heavy (non-hydrogen) atoms. The van der Waals surface area contributed by atoms with Gasteiger partial charge in [0.15, 0.2) is 10.9 Å². The Morgan fingerprint density at radius 3 is 2.39 bits per heavy atom. The summed E-state index contributed by atoms with van der Waals surface area (Å²) >= 11 is 1.30. The Labute approximate surface area is 215 Å². The number of carbonyl (C=O) groups is 1. The summed E-state index contributed by atoms with van der Waals surface area (Å²) in [5, 5.41) is 1.07. The van der Waals surface area contributed by atoms with Gasteiger partial charge >= 0.3 is 0 Å². The molecule has 0 N–H and O–H groups in total. The SMILES string of the molecule is Cc1cc(C)cc(-n2c(SCC(=O)C=C3N(C)c4ccccc4C3(C)C)nc3ccccc3c2=O)c1. The molecule has 5 rings (SSSR count). The number of fused-ring (bicyclic) bond motifs is 2. The smallest absolute Gasteiger partial charge is 0.266 e. The zero-order valence-corrected chi connectivity index (χ0v) is 22.0. The van der Waals surface area contributed by atoms with E-state index >= 15 is 0 Å². The van der Waals surface area contributed by atoms with E-state index in [0.717, 1.165) is 28.2 Å². The molecule has 0 atom stereocenters. The first-order chi connectivity index (χ1) is 17.2. The summed E-state index contributed by atoms with van der Waals surface area (Å²) in [5.74, 6) is 0.163. The fourth-order valence-corrected chi connectivity index (χ4v) is 5.94. The van der Waals surface area contributed by atoms with Crippen LogP contribution in [-0.2, 0) is 10.2 Å². The molecule has 0 bridgehead atoms. The molecule has 1 aliphatic heterocycles. The van der Waals surface area contributed by atoms with Crippen molar-refractivity contribution >= 4 is 34.1 Å². The quantitative estimate of drug-likeness (QED) is 0.194. The molecule has 3 aromatic carbocycles. The highest BCUT2D eigenvalue weighted by Crippen LogP contribution is 2.46. The van der Waals surface area contributed by atoms with Crippen molar-refractivity contribution < 1.29 is 4.79 Å². The van der Waals surface area contributed by atoms with E-state index < -0.39 is 0 Å². The van der Waals surface area contributed by atoms with Crippen LogP contribution in [0.15, 0.2) is 88.5 Å². The number of thioether (sulfide) groups is 1. The Kier molecular flexibility index (Phi) is 6.08. The van der Waals surface area contributed by atoms with Crippen LogP contribution < -0.4 is 10.5 Å². The van der Waals surface area contributed by atoms with Gasteiger partial charge in [0.1, 0.15) is 0 Å². The van der Waals surface area contributed by atoms with E-state index in [4.69, 9.17) is 4.98 Å². The highest BCUT2D eigenvalue weighted by Gasteiger charge is 2.38. The molecule has 1 aromatic heterocycles. The Hall–Kier alpha value is -3.64. The molecule has 0 saturated carbocycles. The number of rotatable bonds is 5. The van der Waals surface area contributed by atoms with E-state index in [1.807, 2.05) is 63.4 Å². The van der Waals surface area contributed by atoms with Crippen LogP contribution in [0.5, 0.6) is 0 Å². The number of hydrogen-bond donors (Lipinski definition) is 0. The number of anilines is 1. The lowest BCUT2D eigenvalue weighted by Gasteiger charge is -2.24. The highest BCUT2D eigenvalue weighted by atomic mass is 32.2.